The second-order valence-corrected chi connectivity index (χ2v) is 4.78. The summed E-state index contributed by atoms with van der Waals surface area (Å²) in [5.74, 6) is 1.31. The van der Waals surface area contributed by atoms with Crippen molar-refractivity contribution < 1.29 is 18.7 Å². The minimum Gasteiger partial charge on any atom is -0.469 e. The Hall–Kier alpha value is -1.43. The number of ether oxygens (including phenoxy) is 1. The van der Waals surface area contributed by atoms with Gasteiger partial charge in [0.2, 0.25) is 0 Å². The Labute approximate surface area is 117 Å². The van der Waals surface area contributed by atoms with Gasteiger partial charge in [0.25, 0.3) is 5.91 Å². The van der Waals surface area contributed by atoms with Crippen molar-refractivity contribution in [1.29, 1.82) is 0 Å². The first-order valence-electron chi connectivity index (χ1n) is 6.06. The van der Waals surface area contributed by atoms with E-state index < -0.39 is 0 Å². The van der Waals surface area contributed by atoms with Crippen LogP contribution < -0.4 is 0 Å². The number of carbonyl (C=O) groups is 2. The van der Waals surface area contributed by atoms with Crippen LogP contribution in [0.3, 0.4) is 0 Å². The van der Waals surface area contributed by atoms with E-state index in [0.29, 0.717) is 18.8 Å². The molecule has 106 valence electrons. The van der Waals surface area contributed by atoms with Gasteiger partial charge in [-0.25, -0.2) is 0 Å². The number of hydrogen-bond acceptors (Lipinski definition) is 5. The molecular formula is C13H19NO4S. The Balaban J connectivity index is 2.63. The number of hydrogen-bond donors (Lipinski definition) is 0. The van der Waals surface area contributed by atoms with Crippen LogP contribution in [0.25, 0.3) is 0 Å². The fourth-order valence-corrected chi connectivity index (χ4v) is 2.04. The molecule has 1 rings (SSSR count). The average Bonchev–Trinajstić information content (AvgIpc) is 2.87. The first-order valence-corrected chi connectivity index (χ1v) is 7.45. The molecule has 0 saturated heterocycles. The van der Waals surface area contributed by atoms with Crippen LogP contribution >= 0.6 is 11.8 Å². The zero-order chi connectivity index (χ0) is 14.3. The third-order valence-electron chi connectivity index (χ3n) is 2.64. The van der Waals surface area contributed by atoms with Crippen LogP contribution in [0.2, 0.25) is 0 Å². The molecule has 0 radical (unpaired) electrons. The molecule has 0 aliphatic carbocycles. The fourth-order valence-electron chi connectivity index (χ4n) is 1.60. The predicted octanol–water partition coefficient (Wildman–Crippen LogP) is 2.17. The maximum Gasteiger partial charge on any atom is 0.307 e. The van der Waals surface area contributed by atoms with Gasteiger partial charge in [0.05, 0.1) is 19.3 Å². The number of amides is 1. The van der Waals surface area contributed by atoms with E-state index in [1.54, 1.807) is 28.8 Å². The molecule has 1 heterocycles. The summed E-state index contributed by atoms with van der Waals surface area (Å²) in [6, 6.07) is 3.48. The minimum absolute atomic E-state index is 0.189. The SMILES string of the molecule is CCN(CCC(=O)OC)C(=O)c1ccc(CSC)o1. The van der Waals surface area contributed by atoms with Crippen LogP contribution in [0.15, 0.2) is 16.5 Å². The normalized spacial score (nSPS) is 10.3. The van der Waals surface area contributed by atoms with Crippen LogP contribution in [-0.2, 0) is 15.3 Å². The van der Waals surface area contributed by atoms with Gasteiger partial charge in [0, 0.05) is 13.1 Å². The molecule has 5 nitrogen and oxygen atoms in total. The smallest absolute Gasteiger partial charge is 0.307 e. The summed E-state index contributed by atoms with van der Waals surface area (Å²) >= 11 is 1.63. The van der Waals surface area contributed by atoms with Crippen molar-refractivity contribution >= 4 is 23.6 Å². The highest BCUT2D eigenvalue weighted by Crippen LogP contribution is 2.15. The molecule has 0 fully saturated rings. The molecular weight excluding hydrogens is 266 g/mol. The Morgan fingerprint density at radius 3 is 2.74 bits per heavy atom. The molecule has 1 amide bonds. The Kier molecular flexibility index (Phi) is 6.49. The van der Waals surface area contributed by atoms with Gasteiger partial charge in [-0.05, 0) is 25.3 Å². The summed E-state index contributed by atoms with van der Waals surface area (Å²) in [5, 5.41) is 0. The lowest BCUT2D eigenvalue weighted by Gasteiger charge is -2.18. The summed E-state index contributed by atoms with van der Waals surface area (Å²) in [4.78, 5) is 24.8. The number of carbonyl (C=O) groups excluding carboxylic acids is 2. The molecule has 0 unspecified atom stereocenters. The second-order valence-electron chi connectivity index (χ2n) is 3.91. The van der Waals surface area contributed by atoms with Crippen molar-refractivity contribution in [3.63, 3.8) is 0 Å². The van der Waals surface area contributed by atoms with Crippen molar-refractivity contribution in [2.24, 2.45) is 0 Å². The van der Waals surface area contributed by atoms with E-state index in [-0.39, 0.29) is 18.3 Å². The molecule has 1 aromatic heterocycles. The Morgan fingerprint density at radius 2 is 2.16 bits per heavy atom. The lowest BCUT2D eigenvalue weighted by Crippen LogP contribution is -2.32. The molecule has 0 bridgehead atoms. The average molecular weight is 285 g/mol. The fraction of sp³-hybridized carbons (Fsp3) is 0.538. The van der Waals surface area contributed by atoms with Gasteiger partial charge in [-0.1, -0.05) is 0 Å². The second kappa shape index (κ2) is 7.89. The molecule has 6 heteroatoms. The molecule has 0 aromatic carbocycles. The first-order chi connectivity index (χ1) is 9.12. The summed E-state index contributed by atoms with van der Waals surface area (Å²) in [5.41, 5.74) is 0. The topological polar surface area (TPSA) is 59.8 Å². The van der Waals surface area contributed by atoms with Gasteiger partial charge in [-0.15, -0.1) is 0 Å². The molecule has 0 atom stereocenters. The number of nitrogens with zero attached hydrogens (tertiary/aromatic N) is 1. The Morgan fingerprint density at radius 1 is 1.42 bits per heavy atom. The van der Waals surface area contributed by atoms with Crippen molar-refractivity contribution in [2.75, 3.05) is 26.5 Å². The van der Waals surface area contributed by atoms with E-state index in [9.17, 15) is 9.59 Å². The minimum atomic E-state index is -0.325. The van der Waals surface area contributed by atoms with Gasteiger partial charge in [-0.3, -0.25) is 9.59 Å². The number of furan rings is 1. The highest BCUT2D eigenvalue weighted by atomic mass is 32.2. The van der Waals surface area contributed by atoms with E-state index in [0.717, 1.165) is 11.5 Å². The standard InChI is InChI=1S/C13H19NO4S/c1-4-14(8-7-12(15)17-2)13(16)11-6-5-10(18-11)9-19-3/h5-6H,4,7-9H2,1-3H3. The zero-order valence-corrected chi connectivity index (χ0v) is 12.3. The van der Waals surface area contributed by atoms with Gasteiger partial charge in [0.15, 0.2) is 5.76 Å². The van der Waals surface area contributed by atoms with Gasteiger partial charge < -0.3 is 14.1 Å². The van der Waals surface area contributed by atoms with Crippen molar-refractivity contribution in [1.82, 2.24) is 4.90 Å². The van der Waals surface area contributed by atoms with Crippen LogP contribution in [0.5, 0.6) is 0 Å². The molecule has 0 aliphatic heterocycles. The van der Waals surface area contributed by atoms with E-state index in [1.807, 2.05) is 13.2 Å². The molecule has 0 saturated carbocycles. The number of rotatable bonds is 7. The monoisotopic (exact) mass is 285 g/mol. The number of esters is 1. The van der Waals surface area contributed by atoms with E-state index >= 15 is 0 Å². The first kappa shape index (κ1) is 15.6. The summed E-state index contributed by atoms with van der Waals surface area (Å²) in [6.07, 6.45) is 2.16. The summed E-state index contributed by atoms with van der Waals surface area (Å²) in [7, 11) is 1.33. The van der Waals surface area contributed by atoms with Crippen molar-refractivity contribution in [2.45, 2.75) is 19.1 Å². The van der Waals surface area contributed by atoms with Crippen LogP contribution in [0, 0.1) is 0 Å². The molecule has 0 N–H and O–H groups in total. The van der Waals surface area contributed by atoms with Gasteiger partial charge in [0.1, 0.15) is 5.76 Å². The highest BCUT2D eigenvalue weighted by Gasteiger charge is 2.18. The van der Waals surface area contributed by atoms with E-state index in [1.165, 1.54) is 7.11 Å². The van der Waals surface area contributed by atoms with E-state index in [4.69, 9.17) is 4.42 Å². The maximum atomic E-state index is 12.2. The molecule has 0 aliphatic rings. The van der Waals surface area contributed by atoms with Gasteiger partial charge in [-0.2, -0.15) is 11.8 Å². The summed E-state index contributed by atoms with van der Waals surface area (Å²) < 4.78 is 10.0. The van der Waals surface area contributed by atoms with Crippen molar-refractivity contribution in [3.05, 3.63) is 23.7 Å². The predicted molar refractivity (Wildman–Crippen MR) is 74.1 cm³/mol. The lowest BCUT2D eigenvalue weighted by atomic mass is 10.3. The molecule has 1 aromatic rings. The lowest BCUT2D eigenvalue weighted by molar-refractivity contribution is -0.140. The van der Waals surface area contributed by atoms with E-state index in [2.05, 4.69) is 4.74 Å². The van der Waals surface area contributed by atoms with Crippen LogP contribution in [-0.4, -0.2) is 43.2 Å². The third kappa shape index (κ3) is 4.63. The van der Waals surface area contributed by atoms with Crippen LogP contribution in [0.4, 0.5) is 0 Å². The molecule has 19 heavy (non-hydrogen) atoms. The van der Waals surface area contributed by atoms with Gasteiger partial charge >= 0.3 is 5.97 Å². The highest BCUT2D eigenvalue weighted by molar-refractivity contribution is 7.97. The van der Waals surface area contributed by atoms with Crippen LogP contribution in [0.1, 0.15) is 29.7 Å². The number of thioether (sulfide) groups is 1. The summed E-state index contributed by atoms with van der Waals surface area (Å²) in [6.45, 7) is 2.72. The quantitative estimate of drug-likeness (QED) is 0.719. The Bertz CT molecular complexity index is 430. The zero-order valence-electron chi connectivity index (χ0n) is 11.5. The third-order valence-corrected chi connectivity index (χ3v) is 3.21. The number of methoxy groups -OCH3 is 1. The largest absolute Gasteiger partial charge is 0.469 e. The molecule has 0 spiro atoms. The van der Waals surface area contributed by atoms with Crippen molar-refractivity contribution in [3.8, 4) is 0 Å². The maximum absolute atomic E-state index is 12.2.